The van der Waals surface area contributed by atoms with Crippen molar-refractivity contribution in [3.63, 3.8) is 0 Å². The lowest BCUT2D eigenvalue weighted by Gasteiger charge is -2.26. The van der Waals surface area contributed by atoms with Crippen LogP contribution in [0.4, 0.5) is 17.1 Å². The third-order valence-electron chi connectivity index (χ3n) is 10.9. The summed E-state index contributed by atoms with van der Waals surface area (Å²) in [5.41, 5.74) is 13.2. The fourth-order valence-corrected chi connectivity index (χ4v) is 8.19. The Morgan fingerprint density at radius 3 is 1.71 bits per heavy atom. The summed E-state index contributed by atoms with van der Waals surface area (Å²) in [6, 6.07) is 70.8. The summed E-state index contributed by atoms with van der Waals surface area (Å²) in [7, 11) is 0. The molecule has 9 aromatic carbocycles. The highest BCUT2D eigenvalue weighted by molar-refractivity contribution is 6.18. The summed E-state index contributed by atoms with van der Waals surface area (Å²) < 4.78 is 13.6. The van der Waals surface area contributed by atoms with Gasteiger partial charge in [0.15, 0.2) is 11.2 Å². The molecule has 0 atom stereocenters. The standard InChI is InChI=1S/C52H33NO2/c1-2-11-34(12-3-1)36-21-24-38(25-22-36)42-31-32-47(52-50(42)45-16-7-9-20-49(45)55-52)53(46-18-10-17-44-43-15-6-8-19-48(43)54-51(44)46)41-29-27-37(28-30-41)40-26-23-35-13-4-5-14-39(35)33-40/h1-33H. The minimum Gasteiger partial charge on any atom is -0.454 e. The minimum absolute atomic E-state index is 0.817. The number of hydrogen-bond acceptors (Lipinski definition) is 3. The number of nitrogens with zero attached hydrogens (tertiary/aromatic N) is 1. The summed E-state index contributed by atoms with van der Waals surface area (Å²) >= 11 is 0. The molecule has 3 heteroatoms. The maximum Gasteiger partial charge on any atom is 0.160 e. The average molecular weight is 704 g/mol. The van der Waals surface area contributed by atoms with Crippen molar-refractivity contribution in [3.05, 3.63) is 200 Å². The van der Waals surface area contributed by atoms with Gasteiger partial charge in [0.2, 0.25) is 0 Å². The highest BCUT2D eigenvalue weighted by Gasteiger charge is 2.25. The summed E-state index contributed by atoms with van der Waals surface area (Å²) in [6.07, 6.45) is 0. The second-order valence-corrected chi connectivity index (χ2v) is 14.1. The van der Waals surface area contributed by atoms with Crippen molar-refractivity contribution in [1.29, 1.82) is 0 Å². The molecule has 11 rings (SSSR count). The first-order valence-corrected chi connectivity index (χ1v) is 18.7. The lowest BCUT2D eigenvalue weighted by Crippen LogP contribution is -2.10. The molecule has 0 unspecified atom stereocenters. The zero-order valence-electron chi connectivity index (χ0n) is 29.8. The molecule has 11 aromatic rings. The van der Waals surface area contributed by atoms with Crippen LogP contribution in [0.25, 0.3) is 88.0 Å². The van der Waals surface area contributed by atoms with Crippen molar-refractivity contribution in [2.45, 2.75) is 0 Å². The van der Waals surface area contributed by atoms with E-state index in [0.29, 0.717) is 0 Å². The van der Waals surface area contributed by atoms with E-state index in [1.807, 2.05) is 18.2 Å². The Kier molecular flexibility index (Phi) is 7.17. The van der Waals surface area contributed by atoms with E-state index < -0.39 is 0 Å². The molecule has 0 fully saturated rings. The molecule has 55 heavy (non-hydrogen) atoms. The molecule has 258 valence electrons. The van der Waals surface area contributed by atoms with Gasteiger partial charge in [-0.2, -0.15) is 0 Å². The van der Waals surface area contributed by atoms with Gasteiger partial charge in [-0.3, -0.25) is 0 Å². The summed E-state index contributed by atoms with van der Waals surface area (Å²) in [6.45, 7) is 0. The van der Waals surface area contributed by atoms with E-state index in [2.05, 4.69) is 187 Å². The van der Waals surface area contributed by atoms with Crippen molar-refractivity contribution in [3.8, 4) is 33.4 Å². The predicted octanol–water partition coefficient (Wildman–Crippen LogP) is 15.1. The monoisotopic (exact) mass is 703 g/mol. The van der Waals surface area contributed by atoms with Gasteiger partial charge < -0.3 is 13.7 Å². The highest BCUT2D eigenvalue weighted by atomic mass is 16.3. The number of furan rings is 2. The van der Waals surface area contributed by atoms with Gasteiger partial charge in [-0.15, -0.1) is 0 Å². The van der Waals surface area contributed by atoms with Crippen molar-refractivity contribution in [1.82, 2.24) is 0 Å². The first kappa shape index (κ1) is 31.2. The van der Waals surface area contributed by atoms with Crippen LogP contribution in [0.15, 0.2) is 209 Å². The van der Waals surface area contributed by atoms with Gasteiger partial charge in [-0.25, -0.2) is 0 Å². The van der Waals surface area contributed by atoms with Crippen LogP contribution in [0.3, 0.4) is 0 Å². The van der Waals surface area contributed by atoms with Gasteiger partial charge in [0, 0.05) is 27.2 Å². The third-order valence-corrected chi connectivity index (χ3v) is 10.9. The highest BCUT2D eigenvalue weighted by Crippen LogP contribution is 2.48. The van der Waals surface area contributed by atoms with E-state index in [-0.39, 0.29) is 0 Å². The molecule has 0 N–H and O–H groups in total. The Labute approximate surface area is 317 Å². The Morgan fingerprint density at radius 2 is 0.891 bits per heavy atom. The summed E-state index contributed by atoms with van der Waals surface area (Å²) in [4.78, 5) is 2.29. The van der Waals surface area contributed by atoms with Gasteiger partial charge in [-0.05, 0) is 86.6 Å². The number of fused-ring (bicyclic) bond motifs is 7. The van der Waals surface area contributed by atoms with Gasteiger partial charge in [-0.1, -0.05) is 158 Å². The van der Waals surface area contributed by atoms with Crippen LogP contribution in [0.1, 0.15) is 0 Å². The normalized spacial score (nSPS) is 11.6. The van der Waals surface area contributed by atoms with Crippen LogP contribution in [0.5, 0.6) is 0 Å². The molecule has 2 aromatic heterocycles. The largest absolute Gasteiger partial charge is 0.454 e. The number of rotatable bonds is 6. The van der Waals surface area contributed by atoms with Crippen LogP contribution < -0.4 is 4.90 Å². The quantitative estimate of drug-likeness (QED) is 0.173. The van der Waals surface area contributed by atoms with Gasteiger partial charge in [0.25, 0.3) is 0 Å². The third kappa shape index (κ3) is 5.20. The molecular formula is C52H33NO2. The van der Waals surface area contributed by atoms with Crippen LogP contribution in [-0.4, -0.2) is 0 Å². The van der Waals surface area contributed by atoms with Crippen LogP contribution >= 0.6 is 0 Å². The Morgan fingerprint density at radius 1 is 0.327 bits per heavy atom. The van der Waals surface area contributed by atoms with E-state index in [4.69, 9.17) is 8.83 Å². The molecule has 0 saturated heterocycles. The molecule has 0 saturated carbocycles. The Hall–Kier alpha value is -7.36. The topological polar surface area (TPSA) is 29.5 Å². The summed E-state index contributed by atoms with van der Waals surface area (Å²) in [5, 5.41) is 6.78. The predicted molar refractivity (Wildman–Crippen MR) is 229 cm³/mol. The number of anilines is 3. The van der Waals surface area contributed by atoms with Crippen molar-refractivity contribution in [2.24, 2.45) is 0 Å². The first-order chi connectivity index (χ1) is 27.3. The molecule has 0 bridgehead atoms. The minimum atomic E-state index is 0.817. The zero-order valence-corrected chi connectivity index (χ0v) is 29.8. The molecular weight excluding hydrogens is 671 g/mol. The molecule has 0 aliphatic rings. The second-order valence-electron chi connectivity index (χ2n) is 14.1. The number of benzene rings is 9. The Bertz CT molecular complexity index is 3190. The van der Waals surface area contributed by atoms with Gasteiger partial charge in [0.05, 0.1) is 11.4 Å². The Balaban J connectivity index is 1.12. The van der Waals surface area contributed by atoms with Crippen LogP contribution in [0.2, 0.25) is 0 Å². The van der Waals surface area contributed by atoms with Crippen molar-refractivity contribution < 1.29 is 8.83 Å². The van der Waals surface area contributed by atoms with Crippen LogP contribution in [0, 0.1) is 0 Å². The van der Waals surface area contributed by atoms with Crippen LogP contribution in [-0.2, 0) is 0 Å². The van der Waals surface area contributed by atoms with Crippen molar-refractivity contribution in [2.75, 3.05) is 4.90 Å². The first-order valence-electron chi connectivity index (χ1n) is 18.7. The number of hydrogen-bond donors (Lipinski definition) is 0. The van der Waals surface area contributed by atoms with Gasteiger partial charge in [0.1, 0.15) is 11.2 Å². The molecule has 2 heterocycles. The summed E-state index contributed by atoms with van der Waals surface area (Å²) in [5.74, 6) is 0. The fourth-order valence-electron chi connectivity index (χ4n) is 8.19. The molecule has 0 amide bonds. The smallest absolute Gasteiger partial charge is 0.160 e. The zero-order chi connectivity index (χ0) is 36.3. The maximum atomic E-state index is 6.90. The fraction of sp³-hybridized carbons (Fsp3) is 0. The lowest BCUT2D eigenvalue weighted by atomic mass is 9.96. The molecule has 3 nitrogen and oxygen atoms in total. The van der Waals surface area contributed by atoms with E-state index in [9.17, 15) is 0 Å². The molecule has 0 spiro atoms. The maximum absolute atomic E-state index is 6.90. The average Bonchev–Trinajstić information content (AvgIpc) is 3.84. The SMILES string of the molecule is c1ccc(-c2ccc(-c3ccc(N(c4ccc(-c5ccc6ccccc6c5)cc4)c4cccc5c4oc4ccccc45)c4oc5ccccc5c34)cc2)cc1. The van der Waals surface area contributed by atoms with E-state index in [1.54, 1.807) is 0 Å². The molecule has 0 aliphatic carbocycles. The molecule has 0 aliphatic heterocycles. The second kappa shape index (κ2) is 12.6. The van der Waals surface area contributed by atoms with E-state index in [0.717, 1.165) is 77.6 Å². The molecule has 0 radical (unpaired) electrons. The van der Waals surface area contributed by atoms with Gasteiger partial charge >= 0.3 is 0 Å². The van der Waals surface area contributed by atoms with Crippen molar-refractivity contribution >= 4 is 71.7 Å². The lowest BCUT2D eigenvalue weighted by molar-refractivity contribution is 0.666. The van der Waals surface area contributed by atoms with E-state index in [1.165, 1.54) is 27.5 Å². The van der Waals surface area contributed by atoms with E-state index >= 15 is 0 Å². The number of para-hydroxylation sites is 3.